The van der Waals surface area contributed by atoms with Gasteiger partial charge in [0.1, 0.15) is 5.57 Å². The fourth-order valence-corrected chi connectivity index (χ4v) is 1.41. The molecule has 0 aliphatic rings. The maximum absolute atomic E-state index is 11.4. The first kappa shape index (κ1) is 14.6. The van der Waals surface area contributed by atoms with Crippen LogP contribution in [0.2, 0.25) is 0 Å². The van der Waals surface area contributed by atoms with Gasteiger partial charge in [-0.15, -0.1) is 0 Å². The van der Waals surface area contributed by atoms with E-state index in [1.165, 1.54) is 27.2 Å². The van der Waals surface area contributed by atoms with Crippen LogP contribution < -0.4 is 0 Å². The molecule has 0 aromatic heterocycles. The maximum Gasteiger partial charge on any atom is 0.341 e. The van der Waals surface area contributed by atoms with Crippen LogP contribution in [0.4, 0.5) is 0 Å². The van der Waals surface area contributed by atoms with Crippen molar-refractivity contribution in [1.82, 2.24) is 0 Å². The van der Waals surface area contributed by atoms with Crippen molar-refractivity contribution in [2.45, 2.75) is 6.92 Å². The van der Waals surface area contributed by atoms with E-state index in [1.807, 2.05) is 0 Å². The zero-order chi connectivity index (χ0) is 14.4. The molecule has 0 amide bonds. The van der Waals surface area contributed by atoms with Gasteiger partial charge in [0.2, 0.25) is 0 Å². The molecule has 0 saturated heterocycles. The molecule has 1 rings (SSSR count). The molecule has 0 N–H and O–H groups in total. The lowest BCUT2D eigenvalue weighted by molar-refractivity contribution is -0.137. The Balaban J connectivity index is 3.06. The zero-order valence-corrected chi connectivity index (χ0v) is 10.9. The largest absolute Gasteiger partial charge is 0.465 e. The van der Waals surface area contributed by atoms with Gasteiger partial charge in [-0.2, -0.15) is 0 Å². The minimum Gasteiger partial charge on any atom is -0.465 e. The summed E-state index contributed by atoms with van der Waals surface area (Å²) >= 11 is 0. The third kappa shape index (κ3) is 3.77. The SMILES string of the molecule is COC(=O)/C(=C\c1ccc(C(=O)OC)cc1)C(C)=O. The number of carbonyl (C=O) groups excluding carboxylic acids is 3. The Bertz CT molecular complexity index is 525. The Hall–Kier alpha value is -2.43. The highest BCUT2D eigenvalue weighted by Crippen LogP contribution is 2.11. The van der Waals surface area contributed by atoms with Gasteiger partial charge < -0.3 is 9.47 Å². The molecule has 0 bridgehead atoms. The Labute approximate surface area is 110 Å². The van der Waals surface area contributed by atoms with E-state index in [1.54, 1.807) is 24.3 Å². The molecule has 0 aliphatic heterocycles. The van der Waals surface area contributed by atoms with Crippen LogP contribution in [-0.4, -0.2) is 31.9 Å². The van der Waals surface area contributed by atoms with Crippen LogP contribution in [-0.2, 0) is 19.1 Å². The predicted octanol–water partition coefficient (Wildman–Crippen LogP) is 1.62. The molecule has 0 saturated carbocycles. The molecular weight excluding hydrogens is 248 g/mol. The molecule has 5 nitrogen and oxygen atoms in total. The molecule has 0 radical (unpaired) electrons. The number of hydrogen-bond acceptors (Lipinski definition) is 5. The summed E-state index contributed by atoms with van der Waals surface area (Å²) in [6, 6.07) is 6.32. The first-order valence-corrected chi connectivity index (χ1v) is 5.49. The van der Waals surface area contributed by atoms with Crippen molar-refractivity contribution >= 4 is 23.8 Å². The van der Waals surface area contributed by atoms with Crippen molar-refractivity contribution in [3.63, 3.8) is 0 Å². The Kier molecular flexibility index (Phi) is 5.00. The molecule has 0 heterocycles. The quantitative estimate of drug-likeness (QED) is 0.357. The van der Waals surface area contributed by atoms with Gasteiger partial charge in [-0.25, -0.2) is 9.59 Å². The molecule has 0 unspecified atom stereocenters. The van der Waals surface area contributed by atoms with Crippen LogP contribution in [0.5, 0.6) is 0 Å². The highest BCUT2D eigenvalue weighted by molar-refractivity contribution is 6.19. The Morgan fingerprint density at radius 3 is 2.00 bits per heavy atom. The Morgan fingerprint density at radius 1 is 1.00 bits per heavy atom. The smallest absolute Gasteiger partial charge is 0.341 e. The molecule has 100 valence electrons. The third-order valence-electron chi connectivity index (χ3n) is 2.43. The summed E-state index contributed by atoms with van der Waals surface area (Å²) in [6.07, 6.45) is 1.41. The van der Waals surface area contributed by atoms with Gasteiger partial charge in [0.15, 0.2) is 5.78 Å². The van der Waals surface area contributed by atoms with Crippen LogP contribution in [0.1, 0.15) is 22.8 Å². The fourth-order valence-electron chi connectivity index (χ4n) is 1.41. The topological polar surface area (TPSA) is 69.7 Å². The molecule has 5 heteroatoms. The van der Waals surface area contributed by atoms with Crippen LogP contribution in [0, 0.1) is 0 Å². The van der Waals surface area contributed by atoms with Crippen LogP contribution in [0.3, 0.4) is 0 Å². The van der Waals surface area contributed by atoms with Crippen molar-refractivity contribution in [2.75, 3.05) is 14.2 Å². The summed E-state index contributed by atoms with van der Waals surface area (Å²) < 4.78 is 9.09. The van der Waals surface area contributed by atoms with E-state index in [2.05, 4.69) is 9.47 Å². The average Bonchev–Trinajstić information content (AvgIpc) is 2.43. The minimum absolute atomic E-state index is 0.0479. The van der Waals surface area contributed by atoms with Gasteiger partial charge >= 0.3 is 11.9 Å². The number of esters is 2. The number of carbonyl (C=O) groups is 3. The summed E-state index contributed by atoms with van der Waals surface area (Å²) in [5.41, 5.74) is 0.957. The van der Waals surface area contributed by atoms with Crippen LogP contribution in [0.15, 0.2) is 29.8 Å². The number of benzene rings is 1. The molecule has 19 heavy (non-hydrogen) atoms. The van der Waals surface area contributed by atoms with E-state index in [9.17, 15) is 14.4 Å². The normalized spacial score (nSPS) is 10.8. The second-order valence-corrected chi connectivity index (χ2v) is 3.72. The molecular formula is C14H14O5. The van der Waals surface area contributed by atoms with Crippen molar-refractivity contribution in [1.29, 1.82) is 0 Å². The molecule has 1 aromatic rings. The lowest BCUT2D eigenvalue weighted by Crippen LogP contribution is -2.11. The number of ether oxygens (including phenoxy) is 2. The van der Waals surface area contributed by atoms with Gasteiger partial charge in [0.25, 0.3) is 0 Å². The molecule has 1 aromatic carbocycles. The second-order valence-electron chi connectivity index (χ2n) is 3.72. The highest BCUT2D eigenvalue weighted by Gasteiger charge is 2.14. The van der Waals surface area contributed by atoms with Gasteiger partial charge in [0.05, 0.1) is 19.8 Å². The van der Waals surface area contributed by atoms with Gasteiger partial charge in [-0.05, 0) is 30.7 Å². The Morgan fingerprint density at radius 2 is 1.58 bits per heavy atom. The van der Waals surface area contributed by atoms with E-state index in [4.69, 9.17) is 0 Å². The van der Waals surface area contributed by atoms with E-state index >= 15 is 0 Å². The van der Waals surface area contributed by atoms with Gasteiger partial charge in [-0.1, -0.05) is 12.1 Å². The summed E-state index contributed by atoms with van der Waals surface area (Å²) in [5, 5.41) is 0. The molecule has 0 aliphatic carbocycles. The summed E-state index contributed by atoms with van der Waals surface area (Å²) in [4.78, 5) is 34.0. The number of methoxy groups -OCH3 is 2. The summed E-state index contributed by atoms with van der Waals surface area (Å²) in [6.45, 7) is 1.28. The lowest BCUT2D eigenvalue weighted by Gasteiger charge is -2.02. The summed E-state index contributed by atoms with van der Waals surface area (Å²) in [7, 11) is 2.50. The van der Waals surface area contributed by atoms with Crippen molar-refractivity contribution in [2.24, 2.45) is 0 Å². The van der Waals surface area contributed by atoms with Crippen molar-refractivity contribution in [3.8, 4) is 0 Å². The van der Waals surface area contributed by atoms with Crippen molar-refractivity contribution in [3.05, 3.63) is 41.0 Å². The van der Waals surface area contributed by atoms with Gasteiger partial charge in [0, 0.05) is 0 Å². The number of hydrogen-bond donors (Lipinski definition) is 0. The molecule has 0 atom stereocenters. The molecule has 0 spiro atoms. The first-order valence-electron chi connectivity index (χ1n) is 5.49. The zero-order valence-electron chi connectivity index (χ0n) is 10.9. The van der Waals surface area contributed by atoms with E-state index in [0.717, 1.165) is 0 Å². The second kappa shape index (κ2) is 6.49. The van der Waals surface area contributed by atoms with E-state index < -0.39 is 11.9 Å². The lowest BCUT2D eigenvalue weighted by atomic mass is 10.1. The van der Waals surface area contributed by atoms with E-state index in [-0.39, 0.29) is 11.4 Å². The average molecular weight is 262 g/mol. The van der Waals surface area contributed by atoms with Crippen LogP contribution in [0.25, 0.3) is 6.08 Å². The number of ketones is 1. The highest BCUT2D eigenvalue weighted by atomic mass is 16.5. The first-order chi connectivity index (χ1) is 8.99. The molecule has 0 fully saturated rings. The van der Waals surface area contributed by atoms with Gasteiger partial charge in [-0.3, -0.25) is 4.79 Å². The minimum atomic E-state index is -0.690. The third-order valence-corrected chi connectivity index (χ3v) is 2.43. The van der Waals surface area contributed by atoms with Crippen LogP contribution >= 0.6 is 0 Å². The maximum atomic E-state index is 11.4. The summed E-state index contributed by atoms with van der Waals surface area (Å²) in [5.74, 6) is -1.52. The number of rotatable bonds is 4. The predicted molar refractivity (Wildman–Crippen MR) is 68.5 cm³/mol. The number of Topliss-reactive ketones (excluding diaryl/α,β-unsaturated/α-hetero) is 1. The van der Waals surface area contributed by atoms with Crippen molar-refractivity contribution < 1.29 is 23.9 Å². The fraction of sp³-hybridized carbons (Fsp3) is 0.214. The monoisotopic (exact) mass is 262 g/mol. The van der Waals surface area contributed by atoms with E-state index in [0.29, 0.717) is 11.1 Å². The standard InChI is InChI=1S/C14H14O5/c1-9(15)12(14(17)19-3)8-10-4-6-11(7-5-10)13(16)18-2/h4-8H,1-3H3/b12-8-.